The lowest BCUT2D eigenvalue weighted by molar-refractivity contribution is -0.143. The molecule has 0 aliphatic carbocycles. The Morgan fingerprint density at radius 3 is 2.61 bits per heavy atom. The molecule has 3 atom stereocenters. The molecule has 1 fully saturated rings. The molecule has 4 heteroatoms. The molecule has 0 bridgehead atoms. The van der Waals surface area contributed by atoms with Gasteiger partial charge in [0.15, 0.2) is 0 Å². The second-order valence-electron chi connectivity index (χ2n) is 5.96. The van der Waals surface area contributed by atoms with Crippen LogP contribution in [0.1, 0.15) is 46.5 Å². The molecule has 3 N–H and O–H groups in total. The minimum absolute atomic E-state index is 0.496. The van der Waals surface area contributed by atoms with Crippen LogP contribution in [0, 0.1) is 11.8 Å². The number of carboxylic acids is 1. The van der Waals surface area contributed by atoms with Gasteiger partial charge in [-0.3, -0.25) is 4.79 Å². The number of nitrogens with two attached hydrogens (primary N) is 1. The fourth-order valence-electron chi connectivity index (χ4n) is 2.61. The van der Waals surface area contributed by atoms with Crippen molar-refractivity contribution in [2.45, 2.75) is 52.0 Å². The minimum Gasteiger partial charge on any atom is -0.480 e. The molecule has 1 rings (SSSR count). The number of hydrogen-bond donors (Lipinski definition) is 2. The number of piperidine rings is 1. The molecule has 18 heavy (non-hydrogen) atoms. The van der Waals surface area contributed by atoms with E-state index in [-0.39, 0.29) is 0 Å². The van der Waals surface area contributed by atoms with Gasteiger partial charge in [-0.1, -0.05) is 20.8 Å². The number of rotatable bonds is 6. The molecular weight excluding hydrogens is 228 g/mol. The average Bonchev–Trinajstić information content (AvgIpc) is 2.33. The van der Waals surface area contributed by atoms with Crippen molar-refractivity contribution in [1.82, 2.24) is 4.90 Å². The van der Waals surface area contributed by atoms with E-state index in [0.717, 1.165) is 37.9 Å². The van der Waals surface area contributed by atoms with Crippen LogP contribution in [0.2, 0.25) is 0 Å². The number of aliphatic carboxylic acids is 1. The molecule has 1 aliphatic heterocycles. The highest BCUT2D eigenvalue weighted by molar-refractivity contribution is 5.78. The maximum atomic E-state index is 11.1. The summed E-state index contributed by atoms with van der Waals surface area (Å²) >= 11 is 0. The molecule has 0 radical (unpaired) electrons. The zero-order chi connectivity index (χ0) is 13.8. The van der Waals surface area contributed by atoms with E-state index in [1.807, 2.05) is 6.92 Å². The molecule has 0 saturated carbocycles. The Morgan fingerprint density at radius 1 is 1.44 bits per heavy atom. The van der Waals surface area contributed by atoms with Gasteiger partial charge in [0.1, 0.15) is 5.54 Å². The lowest BCUT2D eigenvalue weighted by Gasteiger charge is -2.35. The molecule has 1 saturated heterocycles. The fourth-order valence-corrected chi connectivity index (χ4v) is 2.61. The SMILES string of the molecule is CCC(N)(CCCN1CCC(C)C(C)C1)C(=O)O. The number of carboxylic acid groups (broad SMARTS) is 1. The Hall–Kier alpha value is -0.610. The summed E-state index contributed by atoms with van der Waals surface area (Å²) in [6, 6.07) is 0. The summed E-state index contributed by atoms with van der Waals surface area (Å²) in [5.41, 5.74) is 4.85. The lowest BCUT2D eigenvalue weighted by atomic mass is 9.88. The van der Waals surface area contributed by atoms with Gasteiger partial charge in [0.05, 0.1) is 0 Å². The van der Waals surface area contributed by atoms with Crippen LogP contribution in [0.4, 0.5) is 0 Å². The van der Waals surface area contributed by atoms with Gasteiger partial charge < -0.3 is 15.7 Å². The number of carbonyl (C=O) groups is 1. The predicted octanol–water partition coefficient (Wildman–Crippen LogP) is 1.94. The molecule has 0 aromatic rings. The monoisotopic (exact) mass is 256 g/mol. The Bertz CT molecular complexity index is 283. The summed E-state index contributed by atoms with van der Waals surface area (Å²) in [4.78, 5) is 13.5. The molecule has 106 valence electrons. The van der Waals surface area contributed by atoms with Crippen LogP contribution in [0.15, 0.2) is 0 Å². The highest BCUT2D eigenvalue weighted by Crippen LogP contribution is 2.23. The van der Waals surface area contributed by atoms with Crippen LogP contribution in [0.5, 0.6) is 0 Å². The van der Waals surface area contributed by atoms with Crippen LogP contribution in [0.25, 0.3) is 0 Å². The highest BCUT2D eigenvalue weighted by Gasteiger charge is 2.31. The zero-order valence-corrected chi connectivity index (χ0v) is 12.0. The normalized spacial score (nSPS) is 28.9. The summed E-state index contributed by atoms with van der Waals surface area (Å²) < 4.78 is 0. The Morgan fingerprint density at radius 2 is 2.11 bits per heavy atom. The Kier molecular flexibility index (Phi) is 5.60. The summed E-state index contributed by atoms with van der Waals surface area (Å²) in [6.07, 6.45) is 3.19. The summed E-state index contributed by atoms with van der Waals surface area (Å²) in [5, 5.41) is 9.11. The topological polar surface area (TPSA) is 66.6 Å². The van der Waals surface area contributed by atoms with Crippen molar-refractivity contribution in [3.8, 4) is 0 Å². The number of likely N-dealkylation sites (tertiary alicyclic amines) is 1. The van der Waals surface area contributed by atoms with Crippen molar-refractivity contribution < 1.29 is 9.90 Å². The van der Waals surface area contributed by atoms with Crippen LogP contribution >= 0.6 is 0 Å². The van der Waals surface area contributed by atoms with Gasteiger partial charge in [0.25, 0.3) is 0 Å². The standard InChI is InChI=1S/C14H28N2O2/c1-4-14(15,13(17)18)7-5-8-16-9-6-11(2)12(3)10-16/h11-12H,4-10,15H2,1-3H3,(H,17,18). The molecule has 1 heterocycles. The Balaban J connectivity index is 2.31. The van der Waals surface area contributed by atoms with Crippen molar-refractivity contribution in [2.75, 3.05) is 19.6 Å². The van der Waals surface area contributed by atoms with E-state index in [4.69, 9.17) is 10.8 Å². The first kappa shape index (κ1) is 15.4. The van der Waals surface area contributed by atoms with Crippen LogP contribution < -0.4 is 5.73 Å². The quantitative estimate of drug-likeness (QED) is 0.762. The van der Waals surface area contributed by atoms with Gasteiger partial charge in [0.2, 0.25) is 0 Å². The predicted molar refractivity (Wildman–Crippen MR) is 73.5 cm³/mol. The first-order valence-corrected chi connectivity index (χ1v) is 7.13. The molecule has 0 spiro atoms. The molecule has 1 aliphatic rings. The first-order chi connectivity index (χ1) is 8.39. The van der Waals surface area contributed by atoms with E-state index in [2.05, 4.69) is 18.7 Å². The third kappa shape index (κ3) is 3.95. The van der Waals surface area contributed by atoms with Gasteiger partial charge >= 0.3 is 5.97 Å². The summed E-state index contributed by atoms with van der Waals surface area (Å²) in [6.45, 7) is 9.71. The molecule has 3 unspecified atom stereocenters. The second-order valence-corrected chi connectivity index (χ2v) is 5.96. The van der Waals surface area contributed by atoms with Crippen molar-refractivity contribution in [3.05, 3.63) is 0 Å². The van der Waals surface area contributed by atoms with E-state index >= 15 is 0 Å². The van der Waals surface area contributed by atoms with Gasteiger partial charge in [-0.15, -0.1) is 0 Å². The van der Waals surface area contributed by atoms with Gasteiger partial charge in [-0.25, -0.2) is 0 Å². The third-order valence-electron chi connectivity index (χ3n) is 4.57. The number of nitrogens with zero attached hydrogens (tertiary/aromatic N) is 1. The van der Waals surface area contributed by atoms with Crippen LogP contribution in [-0.2, 0) is 4.79 Å². The number of hydrogen-bond acceptors (Lipinski definition) is 3. The molecule has 0 aromatic carbocycles. The first-order valence-electron chi connectivity index (χ1n) is 7.13. The minimum atomic E-state index is -1.03. The third-order valence-corrected chi connectivity index (χ3v) is 4.57. The van der Waals surface area contributed by atoms with E-state index in [1.54, 1.807) is 0 Å². The Labute approximate surface area is 111 Å². The molecule has 0 amide bonds. The van der Waals surface area contributed by atoms with Crippen molar-refractivity contribution in [3.63, 3.8) is 0 Å². The van der Waals surface area contributed by atoms with Crippen molar-refractivity contribution in [2.24, 2.45) is 17.6 Å². The largest absolute Gasteiger partial charge is 0.480 e. The van der Waals surface area contributed by atoms with E-state index in [9.17, 15) is 4.79 Å². The van der Waals surface area contributed by atoms with Crippen molar-refractivity contribution >= 4 is 5.97 Å². The molecule has 4 nitrogen and oxygen atoms in total. The van der Waals surface area contributed by atoms with E-state index in [1.165, 1.54) is 6.42 Å². The zero-order valence-electron chi connectivity index (χ0n) is 12.0. The lowest BCUT2D eigenvalue weighted by Crippen LogP contribution is -2.48. The van der Waals surface area contributed by atoms with Crippen LogP contribution in [0.3, 0.4) is 0 Å². The fraction of sp³-hybridized carbons (Fsp3) is 0.929. The van der Waals surface area contributed by atoms with E-state index < -0.39 is 11.5 Å². The average molecular weight is 256 g/mol. The highest BCUT2D eigenvalue weighted by atomic mass is 16.4. The molecule has 0 aromatic heterocycles. The van der Waals surface area contributed by atoms with Gasteiger partial charge in [-0.05, 0) is 50.6 Å². The van der Waals surface area contributed by atoms with Crippen LogP contribution in [-0.4, -0.2) is 41.1 Å². The van der Waals surface area contributed by atoms with Gasteiger partial charge in [-0.2, -0.15) is 0 Å². The smallest absolute Gasteiger partial charge is 0.323 e. The maximum absolute atomic E-state index is 11.1. The summed E-state index contributed by atoms with van der Waals surface area (Å²) in [7, 11) is 0. The molecular formula is C14H28N2O2. The van der Waals surface area contributed by atoms with Gasteiger partial charge in [0, 0.05) is 6.54 Å². The second kappa shape index (κ2) is 6.53. The van der Waals surface area contributed by atoms with Crippen molar-refractivity contribution in [1.29, 1.82) is 0 Å². The summed E-state index contributed by atoms with van der Waals surface area (Å²) in [5.74, 6) is 0.683. The van der Waals surface area contributed by atoms with E-state index in [0.29, 0.717) is 12.8 Å². The maximum Gasteiger partial charge on any atom is 0.323 e.